The van der Waals surface area contributed by atoms with Gasteiger partial charge < -0.3 is 4.90 Å². The summed E-state index contributed by atoms with van der Waals surface area (Å²) < 4.78 is 0. The number of rotatable bonds is 6. The summed E-state index contributed by atoms with van der Waals surface area (Å²) in [4.78, 5) is 7.68. The molecule has 0 radical (unpaired) electrons. The van der Waals surface area contributed by atoms with Crippen molar-refractivity contribution in [1.82, 2.24) is 0 Å². The second kappa shape index (κ2) is 20.2. The Balaban J connectivity index is 0.000000819. The van der Waals surface area contributed by atoms with E-state index in [9.17, 15) is 0 Å². The van der Waals surface area contributed by atoms with E-state index in [1.54, 1.807) is 0 Å². The van der Waals surface area contributed by atoms with Crippen LogP contribution in [0.4, 0.5) is 17.1 Å². The molecule has 3 heteroatoms. The van der Waals surface area contributed by atoms with Crippen molar-refractivity contribution in [2.75, 3.05) is 4.90 Å². The van der Waals surface area contributed by atoms with E-state index in [1.165, 1.54) is 47.4 Å². The van der Waals surface area contributed by atoms with Crippen molar-refractivity contribution >= 4 is 39.7 Å². The Labute approximate surface area is 281 Å². The first-order valence-corrected chi connectivity index (χ1v) is 18.1. The maximum absolute atomic E-state index is 2.35. The number of para-hydroxylation sites is 2. The van der Waals surface area contributed by atoms with Gasteiger partial charge in [-0.15, -0.1) is 22.7 Å². The van der Waals surface area contributed by atoms with E-state index < -0.39 is 0 Å². The van der Waals surface area contributed by atoms with Gasteiger partial charge in [-0.25, -0.2) is 0 Å². The third-order valence-corrected chi connectivity index (χ3v) is 8.82. The second-order valence-corrected chi connectivity index (χ2v) is 11.6. The van der Waals surface area contributed by atoms with E-state index in [0.29, 0.717) is 0 Å². The molecule has 236 valence electrons. The van der Waals surface area contributed by atoms with Gasteiger partial charge in [-0.2, -0.15) is 0 Å². The van der Waals surface area contributed by atoms with Gasteiger partial charge in [-0.05, 0) is 85.1 Å². The summed E-state index contributed by atoms with van der Waals surface area (Å²) in [5, 5.41) is 0. The standard InChI is InChI=1S/C34H27NS2.4C2H6/c1-24-13-19-30(31(23-24)35(28-9-5-3-6-10-28)29-11-7-4-8-12-29)26-15-17-27(18-16-26)32-21-22-34(37-32)33-20-14-25(2)36-33;4*1-2/h3-23H,1-2H3;4*1-2H3. The molecule has 2 heterocycles. The van der Waals surface area contributed by atoms with Crippen LogP contribution in [0.1, 0.15) is 65.8 Å². The van der Waals surface area contributed by atoms with Crippen LogP contribution in [0.2, 0.25) is 0 Å². The Morgan fingerprint density at radius 3 is 1.40 bits per heavy atom. The van der Waals surface area contributed by atoms with Crippen molar-refractivity contribution in [2.24, 2.45) is 0 Å². The topological polar surface area (TPSA) is 3.24 Å². The molecule has 0 aliphatic carbocycles. The summed E-state index contributed by atoms with van der Waals surface area (Å²) in [5.41, 5.74) is 8.38. The molecule has 0 amide bonds. The van der Waals surface area contributed by atoms with Crippen LogP contribution in [0, 0.1) is 13.8 Å². The molecular weight excluding hydrogens is 583 g/mol. The predicted molar refractivity (Wildman–Crippen MR) is 208 cm³/mol. The molecule has 0 saturated carbocycles. The Morgan fingerprint density at radius 1 is 0.422 bits per heavy atom. The third kappa shape index (κ3) is 9.78. The van der Waals surface area contributed by atoms with Gasteiger partial charge >= 0.3 is 0 Å². The molecule has 6 rings (SSSR count). The number of thiophene rings is 2. The van der Waals surface area contributed by atoms with Crippen LogP contribution < -0.4 is 4.90 Å². The lowest BCUT2D eigenvalue weighted by atomic mass is 9.98. The van der Waals surface area contributed by atoms with Crippen LogP contribution in [0.5, 0.6) is 0 Å². The van der Waals surface area contributed by atoms with Gasteiger partial charge in [0.1, 0.15) is 0 Å². The highest BCUT2D eigenvalue weighted by atomic mass is 32.1. The fourth-order valence-corrected chi connectivity index (χ4v) is 6.63. The van der Waals surface area contributed by atoms with E-state index in [-0.39, 0.29) is 0 Å². The molecule has 0 fully saturated rings. The molecule has 6 aromatic rings. The fourth-order valence-electron chi connectivity index (χ4n) is 4.66. The number of aryl methyl sites for hydroxylation is 2. The second-order valence-electron chi connectivity index (χ2n) is 9.18. The average Bonchev–Trinajstić information content (AvgIpc) is 3.79. The molecule has 0 atom stereocenters. The Morgan fingerprint density at radius 2 is 0.889 bits per heavy atom. The van der Waals surface area contributed by atoms with Gasteiger partial charge in [-0.1, -0.05) is 128 Å². The van der Waals surface area contributed by atoms with Gasteiger partial charge in [0.2, 0.25) is 0 Å². The zero-order chi connectivity index (χ0) is 33.2. The molecule has 0 aliphatic rings. The molecule has 0 saturated heterocycles. The summed E-state index contributed by atoms with van der Waals surface area (Å²) >= 11 is 3.72. The van der Waals surface area contributed by atoms with Crippen molar-refractivity contribution in [3.8, 4) is 31.3 Å². The molecule has 0 unspecified atom stereocenters. The summed E-state index contributed by atoms with van der Waals surface area (Å²) in [5.74, 6) is 0. The first-order chi connectivity index (χ1) is 22.2. The number of hydrogen-bond donors (Lipinski definition) is 0. The number of hydrogen-bond acceptors (Lipinski definition) is 3. The monoisotopic (exact) mass is 633 g/mol. The minimum atomic E-state index is 1.15. The highest BCUT2D eigenvalue weighted by Crippen LogP contribution is 2.42. The van der Waals surface area contributed by atoms with Gasteiger partial charge in [0.05, 0.1) is 5.69 Å². The Hall–Kier alpha value is -3.92. The minimum absolute atomic E-state index is 1.15. The maximum Gasteiger partial charge on any atom is 0.0542 e. The summed E-state index contributed by atoms with van der Waals surface area (Å²) in [6, 6.07) is 45.9. The number of nitrogens with zero attached hydrogens (tertiary/aromatic N) is 1. The number of anilines is 3. The Kier molecular flexibility index (Phi) is 16.7. The molecule has 4 aromatic carbocycles. The van der Waals surface area contributed by atoms with Crippen LogP contribution in [0.25, 0.3) is 31.3 Å². The van der Waals surface area contributed by atoms with Gasteiger partial charge in [0.15, 0.2) is 0 Å². The molecule has 0 bridgehead atoms. The van der Waals surface area contributed by atoms with Crippen LogP contribution in [0.15, 0.2) is 127 Å². The molecule has 45 heavy (non-hydrogen) atoms. The van der Waals surface area contributed by atoms with Crippen LogP contribution in [0.3, 0.4) is 0 Å². The first-order valence-electron chi connectivity index (χ1n) is 16.4. The molecule has 0 spiro atoms. The smallest absolute Gasteiger partial charge is 0.0542 e. The van der Waals surface area contributed by atoms with Crippen molar-refractivity contribution in [1.29, 1.82) is 0 Å². The fraction of sp³-hybridized carbons (Fsp3) is 0.238. The summed E-state index contributed by atoms with van der Waals surface area (Å²) in [7, 11) is 0. The highest BCUT2D eigenvalue weighted by Gasteiger charge is 2.17. The van der Waals surface area contributed by atoms with Gasteiger partial charge in [0, 0.05) is 36.4 Å². The average molecular weight is 634 g/mol. The predicted octanol–water partition coefficient (Wildman–Crippen LogP) is 15.0. The molecule has 0 N–H and O–H groups in total. The van der Waals surface area contributed by atoms with E-state index in [0.717, 1.165) is 11.4 Å². The van der Waals surface area contributed by atoms with E-state index in [4.69, 9.17) is 0 Å². The van der Waals surface area contributed by atoms with Gasteiger partial charge in [0.25, 0.3) is 0 Å². The Bertz CT molecular complexity index is 1590. The zero-order valence-corrected chi connectivity index (χ0v) is 30.5. The van der Waals surface area contributed by atoms with Crippen LogP contribution in [-0.4, -0.2) is 0 Å². The van der Waals surface area contributed by atoms with Crippen LogP contribution in [-0.2, 0) is 0 Å². The van der Waals surface area contributed by atoms with Gasteiger partial charge in [-0.3, -0.25) is 0 Å². The lowest BCUT2D eigenvalue weighted by Crippen LogP contribution is -2.11. The molecule has 1 nitrogen and oxygen atoms in total. The minimum Gasteiger partial charge on any atom is -0.310 e. The lowest BCUT2D eigenvalue weighted by molar-refractivity contribution is 1.27. The summed E-state index contributed by atoms with van der Waals surface area (Å²) in [6.07, 6.45) is 0. The van der Waals surface area contributed by atoms with Crippen molar-refractivity contribution in [2.45, 2.75) is 69.2 Å². The van der Waals surface area contributed by atoms with Crippen molar-refractivity contribution < 1.29 is 0 Å². The first kappa shape index (κ1) is 37.3. The maximum atomic E-state index is 2.35. The molecule has 0 aliphatic heterocycles. The third-order valence-electron chi connectivity index (χ3n) is 6.49. The van der Waals surface area contributed by atoms with E-state index in [2.05, 4.69) is 146 Å². The van der Waals surface area contributed by atoms with E-state index in [1.807, 2.05) is 78.1 Å². The van der Waals surface area contributed by atoms with Crippen LogP contribution >= 0.6 is 22.7 Å². The normalized spacial score (nSPS) is 9.56. The number of benzene rings is 4. The largest absolute Gasteiger partial charge is 0.310 e. The summed E-state index contributed by atoms with van der Waals surface area (Å²) in [6.45, 7) is 20.3. The molecular formula is C42H51NS2. The zero-order valence-electron chi connectivity index (χ0n) is 28.9. The lowest BCUT2D eigenvalue weighted by Gasteiger charge is -2.28. The SMILES string of the molecule is CC.CC.CC.CC.Cc1ccc(-c2ccc(-c3ccc(-c4ccc(C)s4)s3)cc2)c(N(c2ccccc2)c2ccccc2)c1. The quantitative estimate of drug-likeness (QED) is 0.176. The molecule has 2 aromatic heterocycles. The van der Waals surface area contributed by atoms with Crippen molar-refractivity contribution in [3.05, 3.63) is 138 Å². The highest BCUT2D eigenvalue weighted by molar-refractivity contribution is 7.23. The van der Waals surface area contributed by atoms with Crippen molar-refractivity contribution in [3.63, 3.8) is 0 Å². The van der Waals surface area contributed by atoms with E-state index >= 15 is 0 Å².